The second-order valence-corrected chi connectivity index (χ2v) is 8.51. The minimum absolute atomic E-state index is 0.0515. The minimum Gasteiger partial charge on any atom is -0.346 e. The molecule has 2 heterocycles. The van der Waals surface area contributed by atoms with Crippen molar-refractivity contribution in [2.75, 3.05) is 24.2 Å². The summed E-state index contributed by atoms with van der Waals surface area (Å²) in [5, 5.41) is 1.63. The van der Waals surface area contributed by atoms with Crippen LogP contribution in [-0.4, -0.2) is 38.8 Å². The Labute approximate surface area is 133 Å². The van der Waals surface area contributed by atoms with Crippen LogP contribution in [0.25, 0.3) is 10.2 Å². The average molecular weight is 346 g/mol. The molecule has 1 aromatic heterocycles. The number of nitrogens with one attached hydrogen (secondary N) is 1. The highest BCUT2D eigenvalue weighted by atomic mass is 35.5. The number of benzene rings is 1. The highest BCUT2D eigenvalue weighted by molar-refractivity contribution is 7.88. The van der Waals surface area contributed by atoms with Gasteiger partial charge in [0.15, 0.2) is 5.13 Å². The van der Waals surface area contributed by atoms with Crippen LogP contribution in [0.15, 0.2) is 18.2 Å². The van der Waals surface area contributed by atoms with Gasteiger partial charge in [-0.05, 0) is 31.0 Å². The van der Waals surface area contributed by atoms with Gasteiger partial charge in [0, 0.05) is 24.2 Å². The Hall–Kier alpha value is -0.890. The Morgan fingerprint density at radius 2 is 2.29 bits per heavy atom. The highest BCUT2D eigenvalue weighted by Crippen LogP contribution is 2.32. The Bertz CT molecular complexity index is 760. The van der Waals surface area contributed by atoms with Crippen LogP contribution >= 0.6 is 22.9 Å². The summed E-state index contributed by atoms with van der Waals surface area (Å²) in [6.07, 6.45) is 3.01. The van der Waals surface area contributed by atoms with Gasteiger partial charge in [-0.1, -0.05) is 22.9 Å². The molecule has 2 aromatic rings. The lowest BCUT2D eigenvalue weighted by Crippen LogP contribution is -2.47. The molecule has 1 saturated heterocycles. The number of hydrogen-bond donors (Lipinski definition) is 1. The third-order valence-electron chi connectivity index (χ3n) is 3.41. The normalized spacial score (nSPS) is 20.1. The topological polar surface area (TPSA) is 62.3 Å². The van der Waals surface area contributed by atoms with Crippen molar-refractivity contribution in [2.24, 2.45) is 0 Å². The molecule has 0 amide bonds. The number of halogens is 1. The van der Waals surface area contributed by atoms with E-state index < -0.39 is 10.0 Å². The molecule has 1 unspecified atom stereocenters. The average Bonchev–Trinajstić information content (AvgIpc) is 2.80. The summed E-state index contributed by atoms with van der Waals surface area (Å²) in [6, 6.07) is 5.60. The van der Waals surface area contributed by atoms with Crippen molar-refractivity contribution >= 4 is 48.3 Å². The fourth-order valence-electron chi connectivity index (χ4n) is 2.57. The summed E-state index contributed by atoms with van der Waals surface area (Å²) < 4.78 is 26.5. The third-order valence-corrected chi connectivity index (χ3v) is 5.49. The Morgan fingerprint density at radius 1 is 1.48 bits per heavy atom. The van der Waals surface area contributed by atoms with Gasteiger partial charge in [0.1, 0.15) is 0 Å². The number of fused-ring (bicyclic) bond motifs is 1. The molecule has 0 bridgehead atoms. The summed E-state index contributed by atoms with van der Waals surface area (Å²) in [7, 11) is -3.17. The van der Waals surface area contributed by atoms with E-state index in [0.717, 1.165) is 34.7 Å². The van der Waals surface area contributed by atoms with Gasteiger partial charge in [-0.25, -0.2) is 18.1 Å². The van der Waals surface area contributed by atoms with Gasteiger partial charge < -0.3 is 4.90 Å². The lowest BCUT2D eigenvalue weighted by molar-refractivity contribution is 0.467. The van der Waals surface area contributed by atoms with E-state index in [2.05, 4.69) is 14.6 Å². The zero-order chi connectivity index (χ0) is 15.0. The molecule has 0 radical (unpaired) electrons. The van der Waals surface area contributed by atoms with Gasteiger partial charge >= 0.3 is 0 Å². The van der Waals surface area contributed by atoms with E-state index in [1.165, 1.54) is 6.26 Å². The van der Waals surface area contributed by atoms with E-state index in [0.29, 0.717) is 11.6 Å². The molecule has 1 aliphatic rings. The zero-order valence-electron chi connectivity index (χ0n) is 11.5. The van der Waals surface area contributed by atoms with Gasteiger partial charge in [-0.2, -0.15) is 0 Å². The van der Waals surface area contributed by atoms with Crippen molar-refractivity contribution in [2.45, 2.75) is 18.9 Å². The second kappa shape index (κ2) is 5.72. The molecule has 1 aromatic carbocycles. The van der Waals surface area contributed by atoms with Gasteiger partial charge in [-0.3, -0.25) is 0 Å². The molecule has 8 heteroatoms. The number of hydrogen-bond acceptors (Lipinski definition) is 5. The van der Waals surface area contributed by atoms with Crippen molar-refractivity contribution in [3.05, 3.63) is 23.2 Å². The predicted octanol–water partition coefficient (Wildman–Crippen LogP) is 2.47. The first-order valence-corrected chi connectivity index (χ1v) is 9.78. The van der Waals surface area contributed by atoms with E-state index in [4.69, 9.17) is 11.6 Å². The molecular weight excluding hydrogens is 330 g/mol. The molecule has 3 rings (SSSR count). The van der Waals surface area contributed by atoms with Crippen LogP contribution in [0.4, 0.5) is 5.13 Å². The Balaban J connectivity index is 1.81. The zero-order valence-corrected chi connectivity index (χ0v) is 13.9. The van der Waals surface area contributed by atoms with Crippen LogP contribution in [0.2, 0.25) is 5.02 Å². The number of sulfonamides is 1. The number of aromatic nitrogens is 1. The number of piperidine rings is 1. The van der Waals surface area contributed by atoms with E-state index in [1.807, 2.05) is 18.2 Å². The molecule has 1 fully saturated rings. The van der Waals surface area contributed by atoms with Crippen LogP contribution in [0.1, 0.15) is 12.8 Å². The SMILES string of the molecule is CS(=O)(=O)NC1CCCN(c2nc3ccc(Cl)cc3s2)C1. The molecule has 0 saturated carbocycles. The maximum Gasteiger partial charge on any atom is 0.209 e. The van der Waals surface area contributed by atoms with E-state index in [9.17, 15) is 8.42 Å². The Morgan fingerprint density at radius 3 is 3.05 bits per heavy atom. The molecule has 1 atom stereocenters. The summed E-state index contributed by atoms with van der Waals surface area (Å²) in [6.45, 7) is 1.55. The maximum absolute atomic E-state index is 11.4. The summed E-state index contributed by atoms with van der Waals surface area (Å²) in [5.41, 5.74) is 0.928. The van der Waals surface area contributed by atoms with Crippen LogP contribution < -0.4 is 9.62 Å². The summed E-state index contributed by atoms with van der Waals surface area (Å²) in [4.78, 5) is 6.76. The van der Waals surface area contributed by atoms with Crippen LogP contribution in [-0.2, 0) is 10.0 Å². The molecule has 0 aliphatic carbocycles. The van der Waals surface area contributed by atoms with Gasteiger partial charge in [0.25, 0.3) is 0 Å². The minimum atomic E-state index is -3.17. The monoisotopic (exact) mass is 345 g/mol. The molecule has 1 N–H and O–H groups in total. The molecule has 114 valence electrons. The van der Waals surface area contributed by atoms with Crippen molar-refractivity contribution in [1.82, 2.24) is 9.71 Å². The molecular formula is C13H16ClN3O2S2. The fourth-order valence-corrected chi connectivity index (χ4v) is 4.65. The number of rotatable bonds is 3. The maximum atomic E-state index is 11.4. The Kier molecular flexibility index (Phi) is 4.09. The molecule has 5 nitrogen and oxygen atoms in total. The van der Waals surface area contributed by atoms with E-state index in [1.54, 1.807) is 11.3 Å². The van der Waals surface area contributed by atoms with Crippen LogP contribution in [0.3, 0.4) is 0 Å². The standard InChI is InChI=1S/C13H16ClN3O2S2/c1-21(18,19)16-10-3-2-6-17(8-10)13-15-11-5-4-9(14)7-12(11)20-13/h4-5,7,10,16H,2-3,6,8H2,1H3. The third kappa shape index (κ3) is 3.66. The van der Waals surface area contributed by atoms with Crippen molar-refractivity contribution in [3.63, 3.8) is 0 Å². The predicted molar refractivity (Wildman–Crippen MR) is 87.8 cm³/mol. The molecule has 1 aliphatic heterocycles. The first-order valence-electron chi connectivity index (χ1n) is 6.69. The lowest BCUT2D eigenvalue weighted by atomic mass is 10.1. The van der Waals surface area contributed by atoms with Crippen molar-refractivity contribution in [1.29, 1.82) is 0 Å². The van der Waals surface area contributed by atoms with E-state index >= 15 is 0 Å². The van der Waals surface area contributed by atoms with Gasteiger partial charge in [0.2, 0.25) is 10.0 Å². The lowest BCUT2D eigenvalue weighted by Gasteiger charge is -2.32. The summed E-state index contributed by atoms with van der Waals surface area (Å²) >= 11 is 7.59. The molecule has 0 spiro atoms. The van der Waals surface area contributed by atoms with Gasteiger partial charge in [-0.15, -0.1) is 0 Å². The molecule has 21 heavy (non-hydrogen) atoms. The van der Waals surface area contributed by atoms with Crippen LogP contribution in [0.5, 0.6) is 0 Å². The second-order valence-electron chi connectivity index (χ2n) is 5.28. The number of thiazole rings is 1. The summed E-state index contributed by atoms with van der Waals surface area (Å²) in [5.74, 6) is 0. The first kappa shape index (κ1) is 15.0. The largest absolute Gasteiger partial charge is 0.346 e. The van der Waals surface area contributed by atoms with Gasteiger partial charge in [0.05, 0.1) is 16.5 Å². The number of anilines is 1. The fraction of sp³-hybridized carbons (Fsp3) is 0.462. The van der Waals surface area contributed by atoms with Crippen LogP contribution in [0, 0.1) is 0 Å². The smallest absolute Gasteiger partial charge is 0.209 e. The number of nitrogens with zero attached hydrogens (tertiary/aromatic N) is 2. The highest BCUT2D eigenvalue weighted by Gasteiger charge is 2.24. The van der Waals surface area contributed by atoms with Crippen molar-refractivity contribution < 1.29 is 8.42 Å². The van der Waals surface area contributed by atoms with Crippen molar-refractivity contribution in [3.8, 4) is 0 Å². The first-order chi connectivity index (χ1) is 9.90. The van der Waals surface area contributed by atoms with E-state index in [-0.39, 0.29) is 6.04 Å². The quantitative estimate of drug-likeness (QED) is 0.928.